The predicted molar refractivity (Wildman–Crippen MR) is 113 cm³/mol. The molecule has 0 bridgehead atoms. The predicted octanol–water partition coefficient (Wildman–Crippen LogP) is 2.05. The van der Waals surface area contributed by atoms with Gasteiger partial charge in [0.15, 0.2) is 6.61 Å². The lowest BCUT2D eigenvalue weighted by Gasteiger charge is -2.12. The Balaban J connectivity index is 1.54. The largest absolute Gasteiger partial charge is 0.483 e. The van der Waals surface area contributed by atoms with Crippen molar-refractivity contribution in [3.05, 3.63) is 59.2 Å². The summed E-state index contributed by atoms with van der Waals surface area (Å²) in [5, 5.41) is 9.21. The summed E-state index contributed by atoms with van der Waals surface area (Å²) in [5.74, 6) is -1.40. The molecule has 8 nitrogen and oxygen atoms in total. The fourth-order valence-electron chi connectivity index (χ4n) is 2.62. The van der Waals surface area contributed by atoms with E-state index in [-0.39, 0.29) is 18.6 Å². The van der Waals surface area contributed by atoms with Gasteiger partial charge in [0.25, 0.3) is 5.91 Å². The summed E-state index contributed by atoms with van der Waals surface area (Å²) in [4.78, 5) is 35.6. The molecule has 0 heterocycles. The second-order valence-corrected chi connectivity index (χ2v) is 7.07. The number of nitrogens with zero attached hydrogens (tertiary/aromatic N) is 1. The Morgan fingerprint density at radius 1 is 1.07 bits per heavy atom. The van der Waals surface area contributed by atoms with E-state index in [1.807, 2.05) is 32.0 Å². The Bertz CT molecular complexity index is 983. The third-order valence-electron chi connectivity index (χ3n) is 4.65. The molecular weight excluding hydrogens is 384 g/mol. The average Bonchev–Trinajstić information content (AvgIpc) is 3.54. The van der Waals surface area contributed by atoms with E-state index in [1.54, 1.807) is 24.3 Å². The van der Waals surface area contributed by atoms with Crippen molar-refractivity contribution in [2.24, 2.45) is 5.10 Å². The first-order valence-corrected chi connectivity index (χ1v) is 9.66. The monoisotopic (exact) mass is 408 g/mol. The number of rotatable bonds is 7. The lowest BCUT2D eigenvalue weighted by Crippen LogP contribution is -2.38. The van der Waals surface area contributed by atoms with Crippen LogP contribution in [0.4, 0.5) is 5.69 Å². The number of nitrogens with one attached hydrogen (secondary N) is 3. The van der Waals surface area contributed by atoms with Gasteiger partial charge in [-0.3, -0.25) is 14.4 Å². The average molecular weight is 408 g/mol. The highest BCUT2D eigenvalue weighted by Gasteiger charge is 2.26. The molecule has 0 aromatic heterocycles. The van der Waals surface area contributed by atoms with Crippen LogP contribution in [0, 0.1) is 13.8 Å². The first-order valence-electron chi connectivity index (χ1n) is 9.66. The molecule has 3 rings (SSSR count). The van der Waals surface area contributed by atoms with Crippen LogP contribution in [-0.2, 0) is 14.4 Å². The van der Waals surface area contributed by atoms with E-state index in [1.165, 1.54) is 6.21 Å². The van der Waals surface area contributed by atoms with Gasteiger partial charge < -0.3 is 15.4 Å². The van der Waals surface area contributed by atoms with Gasteiger partial charge in [0.05, 0.1) is 6.21 Å². The van der Waals surface area contributed by atoms with Gasteiger partial charge in [-0.25, -0.2) is 5.43 Å². The molecule has 1 fully saturated rings. The standard InChI is InChI=1S/C22H24N4O4/c1-14-6-5-8-18(15(14)2)25-20(27)13-30-19-9-4-3-7-16(19)12-23-26-22(29)21(28)24-17-10-11-17/h3-9,12,17H,10-11,13H2,1-2H3,(H,24,28)(H,25,27)(H,26,29). The van der Waals surface area contributed by atoms with E-state index in [0.29, 0.717) is 11.3 Å². The lowest BCUT2D eigenvalue weighted by atomic mass is 10.1. The molecule has 0 aliphatic heterocycles. The zero-order chi connectivity index (χ0) is 21.5. The van der Waals surface area contributed by atoms with Crippen LogP contribution in [0.1, 0.15) is 29.5 Å². The van der Waals surface area contributed by atoms with Gasteiger partial charge in [0.2, 0.25) is 0 Å². The second-order valence-electron chi connectivity index (χ2n) is 7.07. The minimum absolute atomic E-state index is 0.0936. The number of ether oxygens (including phenoxy) is 1. The van der Waals surface area contributed by atoms with Crippen LogP contribution in [0.2, 0.25) is 0 Å². The smallest absolute Gasteiger partial charge is 0.329 e. The third kappa shape index (κ3) is 5.91. The van der Waals surface area contributed by atoms with Crippen molar-refractivity contribution in [2.45, 2.75) is 32.7 Å². The number of aryl methyl sites for hydroxylation is 1. The van der Waals surface area contributed by atoms with Gasteiger partial charge >= 0.3 is 11.8 Å². The molecule has 8 heteroatoms. The zero-order valence-electron chi connectivity index (χ0n) is 16.9. The topological polar surface area (TPSA) is 109 Å². The Hall–Kier alpha value is -3.68. The molecule has 2 aromatic rings. The van der Waals surface area contributed by atoms with Crippen LogP contribution in [0.25, 0.3) is 0 Å². The van der Waals surface area contributed by atoms with Crippen molar-refractivity contribution in [3.8, 4) is 5.75 Å². The van der Waals surface area contributed by atoms with E-state index in [9.17, 15) is 14.4 Å². The molecule has 0 unspecified atom stereocenters. The highest BCUT2D eigenvalue weighted by atomic mass is 16.5. The molecule has 0 radical (unpaired) electrons. The van der Waals surface area contributed by atoms with Gasteiger partial charge in [0, 0.05) is 17.3 Å². The Morgan fingerprint density at radius 3 is 2.60 bits per heavy atom. The molecule has 1 aliphatic carbocycles. The number of anilines is 1. The quantitative estimate of drug-likeness (QED) is 0.370. The van der Waals surface area contributed by atoms with Crippen LogP contribution < -0.4 is 20.8 Å². The number of benzene rings is 2. The van der Waals surface area contributed by atoms with E-state index in [0.717, 1.165) is 29.7 Å². The minimum Gasteiger partial charge on any atom is -0.483 e. The number of hydrogen-bond donors (Lipinski definition) is 3. The van der Waals surface area contributed by atoms with Crippen molar-refractivity contribution in [1.29, 1.82) is 0 Å². The second kappa shape index (κ2) is 9.69. The van der Waals surface area contributed by atoms with E-state index in [2.05, 4.69) is 21.2 Å². The maximum Gasteiger partial charge on any atom is 0.329 e. The molecule has 2 aromatic carbocycles. The van der Waals surface area contributed by atoms with Crippen molar-refractivity contribution in [3.63, 3.8) is 0 Å². The third-order valence-corrected chi connectivity index (χ3v) is 4.65. The zero-order valence-corrected chi connectivity index (χ0v) is 16.9. The maximum absolute atomic E-state index is 12.3. The summed E-state index contributed by atoms with van der Waals surface area (Å²) in [7, 11) is 0. The summed E-state index contributed by atoms with van der Waals surface area (Å²) >= 11 is 0. The van der Waals surface area contributed by atoms with Crippen molar-refractivity contribution < 1.29 is 19.1 Å². The molecule has 3 N–H and O–H groups in total. The highest BCUT2D eigenvalue weighted by molar-refractivity contribution is 6.35. The summed E-state index contributed by atoms with van der Waals surface area (Å²) in [6.45, 7) is 3.73. The SMILES string of the molecule is Cc1cccc(NC(=O)COc2ccccc2C=NNC(=O)C(=O)NC2CC2)c1C. The first kappa shape index (κ1) is 21.0. The first-order chi connectivity index (χ1) is 14.4. The lowest BCUT2D eigenvalue weighted by molar-refractivity contribution is -0.139. The molecule has 0 spiro atoms. The van der Waals surface area contributed by atoms with Crippen molar-refractivity contribution in [1.82, 2.24) is 10.7 Å². The fraction of sp³-hybridized carbons (Fsp3) is 0.273. The van der Waals surface area contributed by atoms with Gasteiger partial charge in [-0.1, -0.05) is 24.3 Å². The van der Waals surface area contributed by atoms with Crippen molar-refractivity contribution >= 4 is 29.6 Å². The number of para-hydroxylation sites is 1. The number of amides is 3. The number of carbonyl (C=O) groups is 3. The van der Waals surface area contributed by atoms with Gasteiger partial charge in [-0.05, 0) is 56.0 Å². The van der Waals surface area contributed by atoms with Gasteiger partial charge in [-0.15, -0.1) is 0 Å². The molecular formula is C22H24N4O4. The Kier molecular flexibility index (Phi) is 6.79. The van der Waals surface area contributed by atoms with Crippen LogP contribution in [0.5, 0.6) is 5.75 Å². The van der Waals surface area contributed by atoms with E-state index >= 15 is 0 Å². The summed E-state index contributed by atoms with van der Waals surface area (Å²) in [5.41, 5.74) is 5.57. The fourth-order valence-corrected chi connectivity index (χ4v) is 2.62. The molecule has 1 aliphatic rings. The van der Waals surface area contributed by atoms with Gasteiger partial charge in [0.1, 0.15) is 5.75 Å². The molecule has 1 saturated carbocycles. The normalized spacial score (nSPS) is 13.0. The van der Waals surface area contributed by atoms with Crippen molar-refractivity contribution in [2.75, 3.05) is 11.9 Å². The maximum atomic E-state index is 12.3. The number of hydrogen-bond acceptors (Lipinski definition) is 5. The van der Waals surface area contributed by atoms with E-state index in [4.69, 9.17) is 4.74 Å². The number of carbonyl (C=O) groups excluding carboxylic acids is 3. The van der Waals surface area contributed by atoms with Crippen LogP contribution in [-0.4, -0.2) is 36.6 Å². The summed E-state index contributed by atoms with van der Waals surface area (Å²) in [6.07, 6.45) is 3.15. The molecule has 30 heavy (non-hydrogen) atoms. The highest BCUT2D eigenvalue weighted by Crippen LogP contribution is 2.19. The Morgan fingerprint density at radius 2 is 1.83 bits per heavy atom. The van der Waals surface area contributed by atoms with Crippen LogP contribution in [0.3, 0.4) is 0 Å². The molecule has 0 atom stereocenters. The Labute approximate surface area is 174 Å². The molecule has 3 amide bonds. The van der Waals surface area contributed by atoms with Crippen LogP contribution in [0.15, 0.2) is 47.6 Å². The minimum atomic E-state index is -0.829. The molecule has 156 valence electrons. The van der Waals surface area contributed by atoms with E-state index < -0.39 is 11.8 Å². The number of hydrazone groups is 1. The summed E-state index contributed by atoms with van der Waals surface area (Å²) in [6, 6.07) is 12.7. The molecule has 0 saturated heterocycles. The van der Waals surface area contributed by atoms with Crippen LogP contribution >= 0.6 is 0 Å². The van der Waals surface area contributed by atoms with Gasteiger partial charge in [-0.2, -0.15) is 5.10 Å². The summed E-state index contributed by atoms with van der Waals surface area (Å²) < 4.78 is 5.61.